The molecule has 1 heteroatoms. The van der Waals surface area contributed by atoms with Crippen LogP contribution in [0.3, 0.4) is 0 Å². The topological polar surface area (TPSA) is 12.0 Å². The summed E-state index contributed by atoms with van der Waals surface area (Å²) < 4.78 is 0. The van der Waals surface area contributed by atoms with Crippen molar-refractivity contribution in [1.29, 1.82) is 0 Å². The van der Waals surface area contributed by atoms with Crippen molar-refractivity contribution in [2.45, 2.75) is 60.0 Å². The summed E-state index contributed by atoms with van der Waals surface area (Å²) in [5.41, 5.74) is 4.37. The second-order valence-electron chi connectivity index (χ2n) is 5.66. The van der Waals surface area contributed by atoms with Crippen LogP contribution in [0.4, 0.5) is 0 Å². The summed E-state index contributed by atoms with van der Waals surface area (Å²) in [6, 6.07) is 7.71. The van der Waals surface area contributed by atoms with Gasteiger partial charge in [0.05, 0.1) is 0 Å². The zero-order valence-electron chi connectivity index (χ0n) is 12.2. The fraction of sp³-hybridized carbons (Fsp3) is 0.625. The fourth-order valence-electron chi connectivity index (χ4n) is 2.36. The third-order valence-electron chi connectivity index (χ3n) is 3.62. The standard InChI is InChI=1S/C16H27N/c1-11(2)17-15(6)14(5)10-16-12(3)8-7-9-13(16)4/h7-9,11,14-15,17H,10H2,1-6H3. The quantitative estimate of drug-likeness (QED) is 0.814. The summed E-state index contributed by atoms with van der Waals surface area (Å²) in [5.74, 6) is 0.664. The van der Waals surface area contributed by atoms with Crippen LogP contribution < -0.4 is 5.32 Å². The average Bonchev–Trinajstić information content (AvgIpc) is 2.22. The monoisotopic (exact) mass is 233 g/mol. The zero-order valence-corrected chi connectivity index (χ0v) is 12.2. The molecule has 17 heavy (non-hydrogen) atoms. The highest BCUT2D eigenvalue weighted by Crippen LogP contribution is 2.19. The Morgan fingerprint density at radius 1 is 1.00 bits per heavy atom. The molecule has 0 aliphatic rings. The highest BCUT2D eigenvalue weighted by Gasteiger charge is 2.15. The van der Waals surface area contributed by atoms with Crippen LogP contribution in [0.5, 0.6) is 0 Å². The van der Waals surface area contributed by atoms with Crippen LogP contribution in [-0.2, 0) is 6.42 Å². The maximum atomic E-state index is 3.60. The molecule has 0 radical (unpaired) electrons. The molecule has 96 valence electrons. The van der Waals surface area contributed by atoms with Gasteiger partial charge in [0, 0.05) is 12.1 Å². The molecule has 0 saturated carbocycles. The van der Waals surface area contributed by atoms with Crippen LogP contribution >= 0.6 is 0 Å². The van der Waals surface area contributed by atoms with Gasteiger partial charge in [-0.05, 0) is 49.8 Å². The van der Waals surface area contributed by atoms with Gasteiger partial charge in [-0.3, -0.25) is 0 Å². The van der Waals surface area contributed by atoms with Crippen molar-refractivity contribution in [3.05, 3.63) is 34.9 Å². The maximum absolute atomic E-state index is 3.60. The van der Waals surface area contributed by atoms with Crippen molar-refractivity contribution in [3.63, 3.8) is 0 Å². The number of nitrogens with one attached hydrogen (secondary N) is 1. The average molecular weight is 233 g/mol. The SMILES string of the molecule is Cc1cccc(C)c1CC(C)C(C)NC(C)C. The van der Waals surface area contributed by atoms with Crippen molar-refractivity contribution in [1.82, 2.24) is 5.32 Å². The van der Waals surface area contributed by atoms with Gasteiger partial charge in [-0.15, -0.1) is 0 Å². The van der Waals surface area contributed by atoms with Crippen molar-refractivity contribution < 1.29 is 0 Å². The van der Waals surface area contributed by atoms with Gasteiger partial charge >= 0.3 is 0 Å². The highest BCUT2D eigenvalue weighted by atomic mass is 14.9. The van der Waals surface area contributed by atoms with E-state index in [1.807, 2.05) is 0 Å². The molecular formula is C16H27N. The predicted octanol–water partition coefficient (Wildman–Crippen LogP) is 3.87. The number of aryl methyl sites for hydroxylation is 2. The Morgan fingerprint density at radius 2 is 1.53 bits per heavy atom. The molecule has 2 atom stereocenters. The number of hydrogen-bond acceptors (Lipinski definition) is 1. The molecule has 1 nitrogen and oxygen atoms in total. The molecule has 1 N–H and O–H groups in total. The van der Waals surface area contributed by atoms with Gasteiger partial charge in [-0.25, -0.2) is 0 Å². The largest absolute Gasteiger partial charge is 0.312 e. The second kappa shape index (κ2) is 6.20. The number of hydrogen-bond donors (Lipinski definition) is 1. The Labute approximate surface area is 107 Å². The molecule has 0 aliphatic carbocycles. The lowest BCUT2D eigenvalue weighted by atomic mass is 9.90. The summed E-state index contributed by atoms with van der Waals surface area (Å²) in [5, 5.41) is 3.60. The van der Waals surface area contributed by atoms with Crippen LogP contribution in [0, 0.1) is 19.8 Å². The molecule has 0 aromatic heterocycles. The lowest BCUT2D eigenvalue weighted by Gasteiger charge is -2.25. The molecule has 0 spiro atoms. The first-order valence-corrected chi connectivity index (χ1v) is 6.73. The van der Waals surface area contributed by atoms with E-state index in [4.69, 9.17) is 0 Å². The Balaban J connectivity index is 2.70. The van der Waals surface area contributed by atoms with Crippen LogP contribution in [0.15, 0.2) is 18.2 Å². The van der Waals surface area contributed by atoms with Gasteiger partial charge < -0.3 is 5.32 Å². The minimum Gasteiger partial charge on any atom is -0.312 e. The number of benzene rings is 1. The Kier molecular flexibility index (Phi) is 5.20. The lowest BCUT2D eigenvalue weighted by molar-refractivity contribution is 0.371. The molecule has 0 fully saturated rings. The number of rotatable bonds is 5. The van der Waals surface area contributed by atoms with E-state index in [-0.39, 0.29) is 0 Å². The van der Waals surface area contributed by atoms with E-state index in [1.165, 1.54) is 23.1 Å². The zero-order chi connectivity index (χ0) is 13.0. The minimum absolute atomic E-state index is 0.561. The van der Waals surface area contributed by atoms with E-state index >= 15 is 0 Å². The van der Waals surface area contributed by atoms with E-state index < -0.39 is 0 Å². The first kappa shape index (κ1) is 14.2. The summed E-state index contributed by atoms with van der Waals surface area (Å²) in [4.78, 5) is 0. The molecule has 1 aromatic carbocycles. The van der Waals surface area contributed by atoms with Crippen molar-refractivity contribution in [2.75, 3.05) is 0 Å². The second-order valence-corrected chi connectivity index (χ2v) is 5.66. The van der Waals surface area contributed by atoms with Gasteiger partial charge in [0.1, 0.15) is 0 Å². The molecular weight excluding hydrogens is 206 g/mol. The van der Waals surface area contributed by atoms with Gasteiger partial charge in [-0.2, -0.15) is 0 Å². The summed E-state index contributed by atoms with van der Waals surface area (Å²) in [7, 11) is 0. The van der Waals surface area contributed by atoms with Crippen molar-refractivity contribution in [2.24, 2.45) is 5.92 Å². The first-order chi connectivity index (χ1) is 7.91. The summed E-state index contributed by atoms with van der Waals surface area (Å²) in [6.07, 6.45) is 1.17. The van der Waals surface area contributed by atoms with Crippen molar-refractivity contribution >= 4 is 0 Å². The Bertz CT molecular complexity index is 334. The van der Waals surface area contributed by atoms with Gasteiger partial charge in [0.15, 0.2) is 0 Å². The van der Waals surface area contributed by atoms with Crippen LogP contribution in [0.2, 0.25) is 0 Å². The Hall–Kier alpha value is -0.820. The molecule has 1 aromatic rings. The van der Waals surface area contributed by atoms with Gasteiger partial charge in [-0.1, -0.05) is 39.0 Å². The normalized spacial score (nSPS) is 15.0. The van der Waals surface area contributed by atoms with E-state index in [9.17, 15) is 0 Å². The minimum atomic E-state index is 0.561. The predicted molar refractivity (Wildman–Crippen MR) is 76.5 cm³/mol. The molecule has 2 unspecified atom stereocenters. The fourth-order valence-corrected chi connectivity index (χ4v) is 2.36. The molecule has 0 bridgehead atoms. The summed E-state index contributed by atoms with van der Waals surface area (Å²) >= 11 is 0. The molecule has 0 saturated heterocycles. The van der Waals surface area contributed by atoms with E-state index in [1.54, 1.807) is 0 Å². The molecule has 1 rings (SSSR count). The van der Waals surface area contributed by atoms with Crippen LogP contribution in [0.25, 0.3) is 0 Å². The highest BCUT2D eigenvalue weighted by molar-refractivity contribution is 5.33. The molecule has 0 heterocycles. The Morgan fingerprint density at radius 3 is 2.00 bits per heavy atom. The third-order valence-corrected chi connectivity index (χ3v) is 3.62. The smallest absolute Gasteiger partial charge is 0.00698 e. The van der Waals surface area contributed by atoms with E-state index in [0.717, 1.165) is 0 Å². The van der Waals surface area contributed by atoms with E-state index in [0.29, 0.717) is 18.0 Å². The summed E-state index contributed by atoms with van der Waals surface area (Å²) in [6.45, 7) is 13.5. The first-order valence-electron chi connectivity index (χ1n) is 6.73. The van der Waals surface area contributed by atoms with Crippen LogP contribution in [0.1, 0.15) is 44.4 Å². The van der Waals surface area contributed by atoms with Gasteiger partial charge in [0.2, 0.25) is 0 Å². The van der Waals surface area contributed by atoms with Crippen molar-refractivity contribution in [3.8, 4) is 0 Å². The third kappa shape index (κ3) is 4.16. The van der Waals surface area contributed by atoms with Gasteiger partial charge in [0.25, 0.3) is 0 Å². The molecule has 0 amide bonds. The molecule has 0 aliphatic heterocycles. The van der Waals surface area contributed by atoms with Crippen LogP contribution in [-0.4, -0.2) is 12.1 Å². The maximum Gasteiger partial charge on any atom is 0.00698 e. The lowest BCUT2D eigenvalue weighted by Crippen LogP contribution is -2.37. The van der Waals surface area contributed by atoms with E-state index in [2.05, 4.69) is 65.1 Å².